The van der Waals surface area contributed by atoms with Crippen LogP contribution in [0.15, 0.2) is 77.7 Å². The molecule has 0 aliphatic carbocycles. The third-order valence-electron chi connectivity index (χ3n) is 4.14. The van der Waals surface area contributed by atoms with Crippen molar-refractivity contribution >= 4 is 23.7 Å². The van der Waals surface area contributed by atoms with E-state index < -0.39 is 0 Å². The number of benzene rings is 3. The fraction of sp³-hybridized carbons (Fsp3) is 0.0952. The first-order chi connectivity index (χ1) is 11.8. The van der Waals surface area contributed by atoms with E-state index in [1.807, 2.05) is 23.9 Å². The van der Waals surface area contributed by atoms with Crippen LogP contribution in [0.2, 0.25) is 0 Å². The van der Waals surface area contributed by atoms with Crippen molar-refractivity contribution in [2.75, 3.05) is 13.0 Å². The Morgan fingerprint density at radius 1 is 0.917 bits per heavy atom. The van der Waals surface area contributed by atoms with Gasteiger partial charge < -0.3 is 4.74 Å². The second-order valence-corrected chi connectivity index (χ2v) is 6.62. The third-order valence-corrected chi connectivity index (χ3v) is 5.29. The van der Waals surface area contributed by atoms with E-state index in [4.69, 9.17) is 4.74 Å². The topological polar surface area (TPSA) is 12.2 Å². The molecule has 24 heavy (non-hydrogen) atoms. The maximum Gasteiger partial charge on any atom is 0.205 e. The second kappa shape index (κ2) is 6.54. The molecule has 0 radical (unpaired) electrons. The number of para-hydroxylation sites is 1. The van der Waals surface area contributed by atoms with Gasteiger partial charge in [-0.15, -0.1) is 0 Å². The van der Waals surface area contributed by atoms with E-state index in [-0.39, 0.29) is 0 Å². The predicted octanol–water partition coefficient (Wildman–Crippen LogP) is 5.19. The van der Waals surface area contributed by atoms with Gasteiger partial charge in [-0.2, -0.15) is 4.58 Å². The Balaban J connectivity index is 1.86. The molecule has 0 fully saturated rings. The minimum Gasteiger partial charge on any atom is -0.497 e. The SMILES string of the molecule is COc1cc2c(c(-c3ccccc3)c1)SC[N+](c1ccccc1)=C2. The lowest BCUT2D eigenvalue weighted by molar-refractivity contribution is -0.411. The first-order valence-corrected chi connectivity index (χ1v) is 8.90. The van der Waals surface area contributed by atoms with Gasteiger partial charge in [0.15, 0.2) is 12.1 Å². The lowest BCUT2D eigenvalue weighted by Gasteiger charge is -2.17. The highest BCUT2D eigenvalue weighted by Crippen LogP contribution is 2.39. The van der Waals surface area contributed by atoms with Crippen LogP contribution in [0.3, 0.4) is 0 Å². The summed E-state index contributed by atoms with van der Waals surface area (Å²) in [4.78, 5) is 1.31. The summed E-state index contributed by atoms with van der Waals surface area (Å²) in [5.41, 5.74) is 4.87. The van der Waals surface area contributed by atoms with E-state index in [0.717, 1.165) is 11.6 Å². The summed E-state index contributed by atoms with van der Waals surface area (Å²) in [7, 11) is 1.72. The van der Waals surface area contributed by atoms with Crippen LogP contribution in [0.4, 0.5) is 5.69 Å². The fourth-order valence-electron chi connectivity index (χ4n) is 2.94. The Bertz CT molecular complexity index is 888. The fourth-order valence-corrected chi connectivity index (χ4v) is 4.04. The Labute approximate surface area is 146 Å². The van der Waals surface area contributed by atoms with Crippen molar-refractivity contribution in [3.63, 3.8) is 0 Å². The molecular weight excluding hydrogens is 314 g/mol. The highest BCUT2D eigenvalue weighted by atomic mass is 32.2. The minimum absolute atomic E-state index is 0.888. The molecule has 3 aromatic rings. The van der Waals surface area contributed by atoms with Crippen molar-refractivity contribution in [2.24, 2.45) is 0 Å². The zero-order valence-electron chi connectivity index (χ0n) is 13.5. The molecule has 4 rings (SSSR count). The summed E-state index contributed by atoms with van der Waals surface area (Å²) in [6.45, 7) is 0. The van der Waals surface area contributed by atoms with E-state index in [1.165, 1.54) is 27.3 Å². The molecular formula is C21H18NOS+. The third kappa shape index (κ3) is 2.83. The van der Waals surface area contributed by atoms with Crippen LogP contribution in [-0.2, 0) is 0 Å². The molecule has 0 unspecified atom stereocenters. The van der Waals surface area contributed by atoms with Crippen molar-refractivity contribution in [1.29, 1.82) is 0 Å². The summed E-state index contributed by atoms with van der Waals surface area (Å²) in [5.74, 6) is 1.79. The lowest BCUT2D eigenvalue weighted by atomic mass is 10.0. The molecule has 0 saturated carbocycles. The van der Waals surface area contributed by atoms with E-state index in [9.17, 15) is 0 Å². The Hall–Kier alpha value is -2.52. The Morgan fingerprint density at radius 3 is 2.33 bits per heavy atom. The summed E-state index contributed by atoms with van der Waals surface area (Å²) in [6, 6.07) is 25.2. The molecule has 3 aromatic carbocycles. The van der Waals surface area contributed by atoms with Crippen LogP contribution in [-0.4, -0.2) is 23.8 Å². The zero-order chi connectivity index (χ0) is 16.4. The van der Waals surface area contributed by atoms with Crippen LogP contribution < -0.4 is 4.74 Å². The molecule has 1 aliphatic rings. The van der Waals surface area contributed by atoms with Gasteiger partial charge in [-0.3, -0.25) is 0 Å². The predicted molar refractivity (Wildman–Crippen MR) is 101 cm³/mol. The number of rotatable bonds is 3. The van der Waals surface area contributed by atoms with E-state index in [1.54, 1.807) is 7.11 Å². The smallest absolute Gasteiger partial charge is 0.205 e. The molecule has 0 N–H and O–H groups in total. The number of fused-ring (bicyclic) bond motifs is 1. The molecule has 3 heteroatoms. The van der Waals surface area contributed by atoms with Gasteiger partial charge in [0.2, 0.25) is 5.69 Å². The quantitative estimate of drug-likeness (QED) is 0.612. The van der Waals surface area contributed by atoms with E-state index in [2.05, 4.69) is 71.5 Å². The molecule has 0 spiro atoms. The average Bonchev–Trinajstić information content (AvgIpc) is 2.68. The maximum atomic E-state index is 5.54. The molecule has 118 valence electrons. The van der Waals surface area contributed by atoms with Gasteiger partial charge in [0, 0.05) is 17.0 Å². The average molecular weight is 332 g/mol. The second-order valence-electron chi connectivity index (χ2n) is 5.67. The lowest BCUT2D eigenvalue weighted by Crippen LogP contribution is -2.13. The Kier molecular flexibility index (Phi) is 4.09. The number of ether oxygens (including phenoxy) is 1. The van der Waals surface area contributed by atoms with Crippen LogP contribution in [0.5, 0.6) is 5.75 Å². The van der Waals surface area contributed by atoms with E-state index in [0.29, 0.717) is 0 Å². The number of nitrogens with zero attached hydrogens (tertiary/aromatic N) is 1. The van der Waals surface area contributed by atoms with Crippen LogP contribution >= 0.6 is 11.8 Å². The number of hydrogen-bond acceptors (Lipinski definition) is 2. The first kappa shape index (κ1) is 15.0. The van der Waals surface area contributed by atoms with Gasteiger partial charge in [0.05, 0.1) is 12.7 Å². The molecule has 0 aromatic heterocycles. The van der Waals surface area contributed by atoms with Crippen molar-refractivity contribution < 1.29 is 9.31 Å². The van der Waals surface area contributed by atoms with E-state index >= 15 is 0 Å². The standard InChI is InChI=1S/C21H18NOS/c1-23-19-12-17-14-22(18-10-6-3-7-11-18)15-24-21(17)20(13-19)16-8-4-2-5-9-16/h2-14H,15H2,1H3/q+1. The molecule has 0 atom stereocenters. The maximum absolute atomic E-state index is 5.54. The van der Waals surface area contributed by atoms with Crippen molar-refractivity contribution in [3.8, 4) is 16.9 Å². The summed E-state index contributed by atoms with van der Waals surface area (Å²) in [5, 5.41) is 0. The van der Waals surface area contributed by atoms with Gasteiger partial charge in [-0.25, -0.2) is 0 Å². The summed E-state index contributed by atoms with van der Waals surface area (Å²) >= 11 is 1.87. The van der Waals surface area contributed by atoms with Gasteiger partial charge >= 0.3 is 0 Å². The molecule has 0 bridgehead atoms. The number of thioether (sulfide) groups is 1. The van der Waals surface area contributed by atoms with Gasteiger partial charge in [-0.05, 0) is 23.3 Å². The molecule has 2 nitrogen and oxygen atoms in total. The molecule has 0 saturated heterocycles. The minimum atomic E-state index is 0.888. The van der Waals surface area contributed by atoms with Crippen LogP contribution in [0, 0.1) is 0 Å². The highest BCUT2D eigenvalue weighted by molar-refractivity contribution is 7.99. The van der Waals surface area contributed by atoms with Crippen LogP contribution in [0.25, 0.3) is 11.1 Å². The summed E-state index contributed by atoms with van der Waals surface area (Å²) in [6.07, 6.45) is 2.22. The monoisotopic (exact) mass is 332 g/mol. The van der Waals surface area contributed by atoms with Crippen LogP contribution in [0.1, 0.15) is 5.56 Å². The number of hydrogen-bond donors (Lipinski definition) is 0. The normalized spacial score (nSPS) is 13.1. The zero-order valence-corrected chi connectivity index (χ0v) is 14.3. The van der Waals surface area contributed by atoms with Gasteiger partial charge in [-0.1, -0.05) is 60.3 Å². The first-order valence-electron chi connectivity index (χ1n) is 7.92. The van der Waals surface area contributed by atoms with Gasteiger partial charge in [0.25, 0.3) is 0 Å². The highest BCUT2D eigenvalue weighted by Gasteiger charge is 2.22. The molecule has 1 aliphatic heterocycles. The largest absolute Gasteiger partial charge is 0.497 e. The van der Waals surface area contributed by atoms with Crippen molar-refractivity contribution in [1.82, 2.24) is 0 Å². The Morgan fingerprint density at radius 2 is 1.62 bits per heavy atom. The van der Waals surface area contributed by atoms with Crippen molar-refractivity contribution in [2.45, 2.75) is 4.90 Å². The molecule has 0 amide bonds. The summed E-state index contributed by atoms with van der Waals surface area (Å²) < 4.78 is 7.81. The van der Waals surface area contributed by atoms with Gasteiger partial charge in [0.1, 0.15) is 5.75 Å². The molecule has 1 heterocycles. The van der Waals surface area contributed by atoms with Crippen molar-refractivity contribution in [3.05, 3.63) is 78.4 Å². The number of methoxy groups -OCH3 is 1.